The van der Waals surface area contributed by atoms with Gasteiger partial charge in [-0.3, -0.25) is 0 Å². The van der Waals surface area contributed by atoms with Crippen molar-refractivity contribution in [2.24, 2.45) is 0 Å². The summed E-state index contributed by atoms with van der Waals surface area (Å²) in [5.41, 5.74) is 1.17. The summed E-state index contributed by atoms with van der Waals surface area (Å²) in [6.45, 7) is 3.84. The molecule has 1 N–H and O–H groups in total. The summed E-state index contributed by atoms with van der Waals surface area (Å²) in [6, 6.07) is 12.0. The molecule has 0 amide bonds. The van der Waals surface area contributed by atoms with E-state index in [-0.39, 0.29) is 0 Å². The molecule has 0 atom stereocenters. The van der Waals surface area contributed by atoms with Crippen LogP contribution < -0.4 is 5.32 Å². The molecule has 1 aromatic carbocycles. The van der Waals surface area contributed by atoms with E-state index >= 15 is 0 Å². The fourth-order valence-electron chi connectivity index (χ4n) is 1.72. The smallest absolute Gasteiger partial charge is 0.117 e. The number of halogens is 1. The number of thioether (sulfide) groups is 1. The number of benzene rings is 1. The average molecular weight is 296 g/mol. The van der Waals surface area contributed by atoms with Crippen LogP contribution in [-0.4, -0.2) is 6.54 Å². The first kappa shape index (κ1) is 14.5. The highest BCUT2D eigenvalue weighted by atomic mass is 35.5. The molecule has 0 aliphatic carbocycles. The van der Waals surface area contributed by atoms with Crippen LogP contribution in [-0.2, 0) is 18.1 Å². The van der Waals surface area contributed by atoms with Gasteiger partial charge < -0.3 is 9.73 Å². The molecular weight excluding hydrogens is 278 g/mol. The molecule has 102 valence electrons. The molecule has 0 saturated heterocycles. The van der Waals surface area contributed by atoms with E-state index in [1.165, 1.54) is 5.56 Å². The Morgan fingerprint density at radius 3 is 2.68 bits per heavy atom. The van der Waals surface area contributed by atoms with Gasteiger partial charge in [-0.15, -0.1) is 11.8 Å². The molecule has 2 nitrogen and oxygen atoms in total. The predicted molar refractivity (Wildman–Crippen MR) is 82.5 cm³/mol. The Balaban J connectivity index is 1.79. The molecule has 0 bridgehead atoms. The minimum Gasteiger partial charge on any atom is -0.464 e. The standard InChI is InChI=1S/C15H18ClNOS/c1-2-17-9-13-7-8-14(18-13)11-19-10-12-5-3-4-6-15(12)16/h3-8,17H,2,9-11H2,1H3. The van der Waals surface area contributed by atoms with Gasteiger partial charge in [-0.2, -0.15) is 0 Å². The van der Waals surface area contributed by atoms with Crippen molar-refractivity contribution in [3.05, 3.63) is 58.5 Å². The lowest BCUT2D eigenvalue weighted by atomic mass is 10.2. The van der Waals surface area contributed by atoms with Gasteiger partial charge in [0.05, 0.1) is 12.3 Å². The Bertz CT molecular complexity index is 512. The van der Waals surface area contributed by atoms with Crippen molar-refractivity contribution < 1.29 is 4.42 Å². The summed E-state index contributed by atoms with van der Waals surface area (Å²) in [5, 5.41) is 4.08. The van der Waals surface area contributed by atoms with Gasteiger partial charge in [0.1, 0.15) is 11.5 Å². The van der Waals surface area contributed by atoms with E-state index in [0.717, 1.165) is 41.1 Å². The first-order valence-electron chi connectivity index (χ1n) is 6.39. The van der Waals surface area contributed by atoms with Gasteiger partial charge >= 0.3 is 0 Å². The zero-order valence-electron chi connectivity index (χ0n) is 11.0. The van der Waals surface area contributed by atoms with Gasteiger partial charge in [0.2, 0.25) is 0 Å². The zero-order valence-corrected chi connectivity index (χ0v) is 12.6. The van der Waals surface area contributed by atoms with Crippen LogP contribution in [0.15, 0.2) is 40.8 Å². The van der Waals surface area contributed by atoms with Crippen LogP contribution in [0.3, 0.4) is 0 Å². The maximum absolute atomic E-state index is 6.12. The molecular formula is C15H18ClNOS. The molecule has 1 aromatic heterocycles. The highest BCUT2D eigenvalue weighted by molar-refractivity contribution is 7.97. The van der Waals surface area contributed by atoms with E-state index in [0.29, 0.717) is 0 Å². The predicted octanol–water partition coefficient (Wildman–Crippen LogP) is 4.48. The van der Waals surface area contributed by atoms with E-state index < -0.39 is 0 Å². The molecule has 0 aliphatic rings. The number of hydrogen-bond donors (Lipinski definition) is 1. The molecule has 0 fully saturated rings. The molecule has 0 unspecified atom stereocenters. The van der Waals surface area contributed by atoms with Crippen molar-refractivity contribution in [2.45, 2.75) is 25.0 Å². The van der Waals surface area contributed by atoms with Gasteiger partial charge in [-0.1, -0.05) is 36.7 Å². The van der Waals surface area contributed by atoms with Crippen LogP contribution in [0.4, 0.5) is 0 Å². The third kappa shape index (κ3) is 4.60. The second-order valence-corrected chi connectivity index (χ2v) is 5.63. The van der Waals surface area contributed by atoms with Crippen molar-refractivity contribution in [3.8, 4) is 0 Å². The first-order valence-corrected chi connectivity index (χ1v) is 7.92. The maximum Gasteiger partial charge on any atom is 0.117 e. The monoisotopic (exact) mass is 295 g/mol. The van der Waals surface area contributed by atoms with Crippen molar-refractivity contribution >= 4 is 23.4 Å². The molecule has 0 aliphatic heterocycles. The number of rotatable bonds is 7. The second-order valence-electron chi connectivity index (χ2n) is 4.23. The Labute approximate surface area is 123 Å². The van der Waals surface area contributed by atoms with Gasteiger partial charge in [0.25, 0.3) is 0 Å². The van der Waals surface area contributed by atoms with Crippen molar-refractivity contribution in [2.75, 3.05) is 6.54 Å². The molecule has 4 heteroatoms. The SMILES string of the molecule is CCNCc1ccc(CSCc2ccccc2Cl)o1. The van der Waals surface area contributed by atoms with Crippen molar-refractivity contribution in [3.63, 3.8) is 0 Å². The molecule has 19 heavy (non-hydrogen) atoms. The summed E-state index contributed by atoms with van der Waals surface area (Å²) in [4.78, 5) is 0. The molecule has 0 saturated carbocycles. The first-order chi connectivity index (χ1) is 9.29. The van der Waals surface area contributed by atoms with Crippen LogP contribution in [0.25, 0.3) is 0 Å². The molecule has 0 radical (unpaired) electrons. The molecule has 0 spiro atoms. The largest absolute Gasteiger partial charge is 0.464 e. The lowest BCUT2D eigenvalue weighted by Crippen LogP contribution is -2.10. The van der Waals surface area contributed by atoms with Gasteiger partial charge in [0, 0.05) is 10.8 Å². The van der Waals surface area contributed by atoms with Gasteiger partial charge in [0.15, 0.2) is 0 Å². The summed E-state index contributed by atoms with van der Waals surface area (Å²) in [7, 11) is 0. The Morgan fingerprint density at radius 1 is 1.11 bits per heavy atom. The molecule has 1 heterocycles. The number of hydrogen-bond acceptors (Lipinski definition) is 3. The number of furan rings is 1. The van der Waals surface area contributed by atoms with Crippen LogP contribution in [0.5, 0.6) is 0 Å². The van der Waals surface area contributed by atoms with E-state index in [1.807, 2.05) is 42.1 Å². The van der Waals surface area contributed by atoms with Crippen LogP contribution >= 0.6 is 23.4 Å². The van der Waals surface area contributed by atoms with Crippen LogP contribution in [0, 0.1) is 0 Å². The summed E-state index contributed by atoms with van der Waals surface area (Å²) < 4.78 is 5.74. The third-order valence-electron chi connectivity index (χ3n) is 2.73. The van der Waals surface area contributed by atoms with Crippen LogP contribution in [0.2, 0.25) is 5.02 Å². The van der Waals surface area contributed by atoms with Crippen molar-refractivity contribution in [1.82, 2.24) is 5.32 Å². The number of nitrogens with one attached hydrogen (secondary N) is 1. The van der Waals surface area contributed by atoms with E-state index in [1.54, 1.807) is 0 Å². The summed E-state index contributed by atoms with van der Waals surface area (Å²) >= 11 is 7.93. The van der Waals surface area contributed by atoms with Gasteiger partial charge in [-0.25, -0.2) is 0 Å². The van der Waals surface area contributed by atoms with Gasteiger partial charge in [-0.05, 0) is 30.3 Å². The topological polar surface area (TPSA) is 25.2 Å². The Morgan fingerprint density at radius 2 is 1.89 bits per heavy atom. The normalized spacial score (nSPS) is 10.8. The van der Waals surface area contributed by atoms with E-state index in [9.17, 15) is 0 Å². The molecule has 2 rings (SSSR count). The van der Waals surface area contributed by atoms with Crippen LogP contribution in [0.1, 0.15) is 24.0 Å². The minimum atomic E-state index is 0.797. The van der Waals surface area contributed by atoms with E-state index in [2.05, 4.69) is 18.3 Å². The lowest BCUT2D eigenvalue weighted by molar-refractivity contribution is 0.463. The quantitative estimate of drug-likeness (QED) is 0.815. The average Bonchev–Trinajstić information content (AvgIpc) is 2.86. The zero-order chi connectivity index (χ0) is 13.5. The lowest BCUT2D eigenvalue weighted by Gasteiger charge is -2.02. The van der Waals surface area contributed by atoms with Crippen molar-refractivity contribution in [1.29, 1.82) is 0 Å². The summed E-state index contributed by atoms with van der Waals surface area (Å²) in [5.74, 6) is 3.79. The fraction of sp³-hybridized carbons (Fsp3) is 0.333. The highest BCUT2D eigenvalue weighted by Crippen LogP contribution is 2.23. The summed E-state index contributed by atoms with van der Waals surface area (Å²) in [6.07, 6.45) is 0. The third-order valence-corrected chi connectivity index (χ3v) is 4.10. The minimum absolute atomic E-state index is 0.797. The Hall–Kier alpha value is -0.900. The molecule has 2 aromatic rings. The highest BCUT2D eigenvalue weighted by Gasteiger charge is 2.03. The fourth-order valence-corrected chi connectivity index (χ4v) is 2.93. The maximum atomic E-state index is 6.12. The Kier molecular flexibility index (Phi) is 5.83. The van der Waals surface area contributed by atoms with E-state index in [4.69, 9.17) is 16.0 Å². The second kappa shape index (κ2) is 7.63.